The van der Waals surface area contributed by atoms with E-state index in [4.69, 9.17) is 5.26 Å². The van der Waals surface area contributed by atoms with E-state index in [1.165, 1.54) is 12.1 Å². The van der Waals surface area contributed by atoms with Crippen LogP contribution in [0.2, 0.25) is 0 Å². The van der Waals surface area contributed by atoms with Crippen molar-refractivity contribution in [3.63, 3.8) is 0 Å². The van der Waals surface area contributed by atoms with Crippen LogP contribution in [0.4, 0.5) is 5.69 Å². The average molecular weight is 250 g/mol. The van der Waals surface area contributed by atoms with Crippen LogP contribution in [0.25, 0.3) is 12.2 Å². The van der Waals surface area contributed by atoms with Crippen LogP contribution in [0.5, 0.6) is 0 Å². The van der Waals surface area contributed by atoms with E-state index in [2.05, 4.69) is 0 Å². The zero-order valence-corrected chi connectivity index (χ0v) is 9.98. The number of nitriles is 1. The van der Waals surface area contributed by atoms with Gasteiger partial charge in [0.05, 0.1) is 10.5 Å². The van der Waals surface area contributed by atoms with Crippen LogP contribution < -0.4 is 0 Å². The summed E-state index contributed by atoms with van der Waals surface area (Å²) in [5.74, 6) is 0. The number of nitrogens with zero attached hydrogens (tertiary/aromatic N) is 2. The van der Waals surface area contributed by atoms with Crippen molar-refractivity contribution in [3.05, 3.63) is 75.3 Å². The lowest BCUT2D eigenvalue weighted by atomic mass is 10.1. The van der Waals surface area contributed by atoms with Crippen LogP contribution in [0.15, 0.2) is 48.5 Å². The molecule has 0 saturated carbocycles. The van der Waals surface area contributed by atoms with Crippen LogP contribution in [-0.2, 0) is 0 Å². The molecule has 0 heterocycles. The van der Waals surface area contributed by atoms with Gasteiger partial charge in [-0.3, -0.25) is 10.1 Å². The second kappa shape index (κ2) is 5.61. The predicted molar refractivity (Wildman–Crippen MR) is 73.2 cm³/mol. The first kappa shape index (κ1) is 12.5. The first-order valence-corrected chi connectivity index (χ1v) is 5.62. The van der Waals surface area contributed by atoms with Gasteiger partial charge in [-0.1, -0.05) is 42.5 Å². The molecule has 0 spiro atoms. The maximum atomic E-state index is 10.6. The van der Waals surface area contributed by atoms with Gasteiger partial charge in [-0.2, -0.15) is 5.26 Å². The minimum absolute atomic E-state index is 0.0755. The molecule has 2 aromatic rings. The molecule has 2 rings (SSSR count). The zero-order valence-electron chi connectivity index (χ0n) is 9.98. The summed E-state index contributed by atoms with van der Waals surface area (Å²) in [5, 5.41) is 19.7. The van der Waals surface area contributed by atoms with Gasteiger partial charge in [0.1, 0.15) is 6.07 Å². The highest BCUT2D eigenvalue weighted by Crippen LogP contribution is 2.19. The molecule has 0 N–H and O–H groups in total. The number of hydrogen-bond acceptors (Lipinski definition) is 3. The lowest BCUT2D eigenvalue weighted by molar-refractivity contribution is -0.384. The van der Waals surface area contributed by atoms with E-state index in [9.17, 15) is 10.1 Å². The summed E-state index contributed by atoms with van der Waals surface area (Å²) in [6.45, 7) is 0. The Morgan fingerprint density at radius 3 is 2.47 bits per heavy atom. The second-order valence-corrected chi connectivity index (χ2v) is 3.88. The highest BCUT2D eigenvalue weighted by Gasteiger charge is 2.08. The Labute approximate surface area is 110 Å². The maximum absolute atomic E-state index is 10.6. The number of rotatable bonds is 3. The molecule has 0 aliphatic rings. The van der Waals surface area contributed by atoms with E-state index >= 15 is 0 Å². The van der Waals surface area contributed by atoms with Gasteiger partial charge in [-0.25, -0.2) is 0 Å². The molecule has 19 heavy (non-hydrogen) atoms. The normalized spacial score (nSPS) is 10.3. The minimum Gasteiger partial charge on any atom is -0.258 e. The Morgan fingerprint density at radius 2 is 1.84 bits per heavy atom. The van der Waals surface area contributed by atoms with Crippen molar-refractivity contribution in [2.24, 2.45) is 0 Å². The molecule has 4 nitrogen and oxygen atoms in total. The van der Waals surface area contributed by atoms with Gasteiger partial charge in [0, 0.05) is 12.1 Å². The summed E-state index contributed by atoms with van der Waals surface area (Å²) < 4.78 is 0. The third-order valence-electron chi connectivity index (χ3n) is 2.62. The van der Waals surface area contributed by atoms with Crippen molar-refractivity contribution < 1.29 is 4.92 Å². The zero-order chi connectivity index (χ0) is 13.7. The van der Waals surface area contributed by atoms with Gasteiger partial charge in [0.25, 0.3) is 5.69 Å². The molecular formula is C15H10N2O2. The third kappa shape index (κ3) is 3.05. The lowest BCUT2D eigenvalue weighted by Gasteiger charge is -1.98. The molecule has 0 aliphatic heterocycles. The summed E-state index contributed by atoms with van der Waals surface area (Å²) in [6, 6.07) is 15.9. The molecule has 0 atom stereocenters. The molecule has 0 amide bonds. The standard InChI is InChI=1S/C15H10N2O2/c16-11-14-10-15(17(18)19)9-8-13(14)7-6-12-4-2-1-3-5-12/h1-10H/b7-6-. The predicted octanol–water partition coefficient (Wildman–Crippen LogP) is 3.64. The van der Waals surface area contributed by atoms with Gasteiger partial charge < -0.3 is 0 Å². The smallest absolute Gasteiger partial charge is 0.258 e. The largest absolute Gasteiger partial charge is 0.270 e. The van der Waals surface area contributed by atoms with Gasteiger partial charge in [-0.05, 0) is 17.2 Å². The van der Waals surface area contributed by atoms with Crippen molar-refractivity contribution in [2.45, 2.75) is 0 Å². The van der Waals surface area contributed by atoms with Crippen molar-refractivity contribution in [2.75, 3.05) is 0 Å². The van der Waals surface area contributed by atoms with E-state index in [0.29, 0.717) is 11.1 Å². The number of nitro benzene ring substituents is 1. The molecule has 0 saturated heterocycles. The summed E-state index contributed by atoms with van der Waals surface area (Å²) in [7, 11) is 0. The monoisotopic (exact) mass is 250 g/mol. The highest BCUT2D eigenvalue weighted by molar-refractivity contribution is 5.73. The van der Waals surface area contributed by atoms with Crippen molar-refractivity contribution in [1.82, 2.24) is 0 Å². The molecule has 0 radical (unpaired) electrons. The SMILES string of the molecule is N#Cc1cc([N+](=O)[O-])ccc1/C=C\c1ccccc1. The molecule has 0 aliphatic carbocycles. The van der Waals surface area contributed by atoms with Crippen molar-refractivity contribution in [1.29, 1.82) is 5.26 Å². The highest BCUT2D eigenvalue weighted by atomic mass is 16.6. The van der Waals surface area contributed by atoms with Crippen LogP contribution in [-0.4, -0.2) is 4.92 Å². The number of non-ortho nitro benzene ring substituents is 1. The fourth-order valence-corrected chi connectivity index (χ4v) is 1.65. The van der Waals surface area contributed by atoms with Gasteiger partial charge in [0.15, 0.2) is 0 Å². The molecular weight excluding hydrogens is 240 g/mol. The summed E-state index contributed by atoms with van der Waals surface area (Å²) in [5.41, 5.74) is 1.89. The number of hydrogen-bond donors (Lipinski definition) is 0. The molecule has 0 fully saturated rings. The van der Waals surface area contributed by atoms with E-state index < -0.39 is 4.92 Å². The summed E-state index contributed by atoms with van der Waals surface area (Å²) in [6.07, 6.45) is 3.64. The Hall–Kier alpha value is -2.93. The van der Waals surface area contributed by atoms with E-state index in [-0.39, 0.29) is 5.69 Å². The molecule has 0 bridgehead atoms. The van der Waals surface area contributed by atoms with Crippen LogP contribution in [0, 0.1) is 21.4 Å². The molecule has 0 aromatic heterocycles. The Morgan fingerprint density at radius 1 is 1.11 bits per heavy atom. The molecule has 2 aromatic carbocycles. The summed E-state index contributed by atoms with van der Waals surface area (Å²) >= 11 is 0. The average Bonchev–Trinajstić information content (AvgIpc) is 2.45. The Kier molecular flexibility index (Phi) is 3.70. The molecule has 92 valence electrons. The number of benzene rings is 2. The van der Waals surface area contributed by atoms with Crippen LogP contribution >= 0.6 is 0 Å². The number of nitro groups is 1. The Bertz CT molecular complexity index is 670. The topological polar surface area (TPSA) is 66.9 Å². The lowest BCUT2D eigenvalue weighted by Crippen LogP contribution is -1.90. The van der Waals surface area contributed by atoms with Crippen molar-refractivity contribution in [3.8, 4) is 6.07 Å². The van der Waals surface area contributed by atoms with Crippen molar-refractivity contribution >= 4 is 17.8 Å². The van der Waals surface area contributed by atoms with Gasteiger partial charge in [-0.15, -0.1) is 0 Å². The van der Waals surface area contributed by atoms with Gasteiger partial charge in [0.2, 0.25) is 0 Å². The van der Waals surface area contributed by atoms with E-state index in [0.717, 1.165) is 5.56 Å². The van der Waals surface area contributed by atoms with Crippen LogP contribution in [0.1, 0.15) is 16.7 Å². The molecule has 0 unspecified atom stereocenters. The Balaban J connectivity index is 2.34. The van der Waals surface area contributed by atoms with Gasteiger partial charge >= 0.3 is 0 Å². The quantitative estimate of drug-likeness (QED) is 0.474. The minimum atomic E-state index is -0.508. The summed E-state index contributed by atoms with van der Waals surface area (Å²) in [4.78, 5) is 10.1. The fraction of sp³-hybridized carbons (Fsp3) is 0. The molecule has 4 heteroatoms. The van der Waals surface area contributed by atoms with E-state index in [1.807, 2.05) is 42.5 Å². The first-order chi connectivity index (χ1) is 9.20. The second-order valence-electron chi connectivity index (χ2n) is 3.88. The van der Waals surface area contributed by atoms with E-state index in [1.54, 1.807) is 12.1 Å². The third-order valence-corrected chi connectivity index (χ3v) is 2.62. The van der Waals surface area contributed by atoms with Crippen LogP contribution in [0.3, 0.4) is 0 Å². The maximum Gasteiger partial charge on any atom is 0.270 e. The first-order valence-electron chi connectivity index (χ1n) is 5.62. The fourth-order valence-electron chi connectivity index (χ4n) is 1.65.